The molecule has 0 heterocycles. The van der Waals surface area contributed by atoms with E-state index in [-0.39, 0.29) is 22.1 Å². The number of para-hydroxylation sites is 1. The van der Waals surface area contributed by atoms with Crippen molar-refractivity contribution in [1.82, 2.24) is 4.72 Å². The van der Waals surface area contributed by atoms with E-state index in [1.807, 2.05) is 0 Å². The molecule has 0 saturated heterocycles. The van der Waals surface area contributed by atoms with E-state index in [9.17, 15) is 12.8 Å². The van der Waals surface area contributed by atoms with Gasteiger partial charge in [-0.1, -0.05) is 12.1 Å². The molecule has 0 saturated carbocycles. The average molecular weight is 296 g/mol. The van der Waals surface area contributed by atoms with Gasteiger partial charge in [0.05, 0.1) is 10.6 Å². The maximum absolute atomic E-state index is 13.5. The van der Waals surface area contributed by atoms with Gasteiger partial charge in [-0.2, -0.15) is 0 Å². The number of benzene rings is 2. The molecule has 0 aromatic heterocycles. The normalized spacial score (nSPS) is 11.3. The molecule has 2 aromatic rings. The maximum Gasteiger partial charge on any atom is 0.240 e. The summed E-state index contributed by atoms with van der Waals surface area (Å²) in [7, 11) is -2.28. The van der Waals surface area contributed by atoms with E-state index in [0.717, 1.165) is 0 Å². The van der Waals surface area contributed by atoms with Crippen molar-refractivity contribution >= 4 is 15.7 Å². The maximum atomic E-state index is 13.5. The minimum Gasteiger partial charge on any atom is -0.452 e. The first-order valence-corrected chi connectivity index (χ1v) is 7.18. The van der Waals surface area contributed by atoms with Gasteiger partial charge in [0.15, 0.2) is 17.3 Å². The van der Waals surface area contributed by atoms with E-state index in [2.05, 4.69) is 4.72 Å². The number of sulfonamides is 1. The number of hydrogen-bond acceptors (Lipinski definition) is 4. The summed E-state index contributed by atoms with van der Waals surface area (Å²) < 4.78 is 44.2. The third-order valence-electron chi connectivity index (χ3n) is 2.62. The van der Waals surface area contributed by atoms with Crippen LogP contribution in [-0.4, -0.2) is 15.5 Å². The SMILES string of the molecule is CNS(=O)(=O)c1ccc(Oc2ccccc2F)c(N)c1. The quantitative estimate of drug-likeness (QED) is 0.847. The first-order chi connectivity index (χ1) is 9.44. The first-order valence-electron chi connectivity index (χ1n) is 5.69. The van der Waals surface area contributed by atoms with Crippen LogP contribution >= 0.6 is 0 Å². The second-order valence-electron chi connectivity index (χ2n) is 3.94. The summed E-state index contributed by atoms with van der Waals surface area (Å²) in [5, 5.41) is 0. The van der Waals surface area contributed by atoms with Gasteiger partial charge in [-0.15, -0.1) is 0 Å². The number of ether oxygens (including phenoxy) is 1. The van der Waals surface area contributed by atoms with E-state index in [0.29, 0.717) is 0 Å². The Morgan fingerprint density at radius 1 is 1.15 bits per heavy atom. The summed E-state index contributed by atoms with van der Waals surface area (Å²) in [6, 6.07) is 9.83. The second kappa shape index (κ2) is 5.48. The fourth-order valence-electron chi connectivity index (χ4n) is 1.55. The van der Waals surface area contributed by atoms with Crippen LogP contribution in [0.4, 0.5) is 10.1 Å². The zero-order chi connectivity index (χ0) is 14.8. The van der Waals surface area contributed by atoms with E-state index >= 15 is 0 Å². The van der Waals surface area contributed by atoms with Gasteiger partial charge in [0.25, 0.3) is 0 Å². The van der Waals surface area contributed by atoms with E-state index in [1.165, 1.54) is 43.4 Å². The van der Waals surface area contributed by atoms with Crippen LogP contribution in [0.1, 0.15) is 0 Å². The van der Waals surface area contributed by atoms with Crippen LogP contribution in [0.3, 0.4) is 0 Å². The van der Waals surface area contributed by atoms with Gasteiger partial charge in [-0.05, 0) is 37.4 Å². The Morgan fingerprint density at radius 2 is 1.85 bits per heavy atom. The highest BCUT2D eigenvalue weighted by Gasteiger charge is 2.14. The zero-order valence-corrected chi connectivity index (χ0v) is 11.4. The smallest absolute Gasteiger partial charge is 0.240 e. The largest absolute Gasteiger partial charge is 0.452 e. The molecule has 20 heavy (non-hydrogen) atoms. The minimum atomic E-state index is -3.58. The molecule has 2 aromatic carbocycles. The fraction of sp³-hybridized carbons (Fsp3) is 0.0769. The highest BCUT2D eigenvalue weighted by Crippen LogP contribution is 2.30. The third-order valence-corrected chi connectivity index (χ3v) is 4.03. The predicted octanol–water partition coefficient (Wildman–Crippen LogP) is 2.11. The topological polar surface area (TPSA) is 81.4 Å². The first kappa shape index (κ1) is 14.3. The van der Waals surface area contributed by atoms with Crippen LogP contribution in [0.25, 0.3) is 0 Å². The van der Waals surface area contributed by atoms with Crippen molar-refractivity contribution in [2.45, 2.75) is 4.90 Å². The Labute approximate surface area is 116 Å². The molecule has 0 amide bonds. The molecule has 7 heteroatoms. The van der Waals surface area contributed by atoms with Gasteiger partial charge >= 0.3 is 0 Å². The fourth-order valence-corrected chi connectivity index (χ4v) is 2.32. The summed E-state index contributed by atoms with van der Waals surface area (Å²) in [6.45, 7) is 0. The molecular weight excluding hydrogens is 283 g/mol. The number of nitrogen functional groups attached to an aromatic ring is 1. The Balaban J connectivity index is 2.34. The molecule has 5 nitrogen and oxygen atoms in total. The minimum absolute atomic E-state index is 0.0124. The van der Waals surface area contributed by atoms with Gasteiger partial charge in [-0.3, -0.25) is 0 Å². The summed E-state index contributed by atoms with van der Waals surface area (Å²) in [6.07, 6.45) is 0. The molecule has 106 valence electrons. The van der Waals surface area contributed by atoms with Gasteiger partial charge < -0.3 is 10.5 Å². The van der Waals surface area contributed by atoms with Gasteiger partial charge in [0.1, 0.15) is 0 Å². The van der Waals surface area contributed by atoms with Gasteiger partial charge in [0, 0.05) is 0 Å². The molecule has 0 unspecified atom stereocenters. The molecule has 0 bridgehead atoms. The predicted molar refractivity (Wildman–Crippen MR) is 73.6 cm³/mol. The lowest BCUT2D eigenvalue weighted by Gasteiger charge is -2.10. The van der Waals surface area contributed by atoms with Crippen molar-refractivity contribution in [2.75, 3.05) is 12.8 Å². The number of rotatable bonds is 4. The Kier molecular flexibility index (Phi) is 3.91. The summed E-state index contributed by atoms with van der Waals surface area (Å²) >= 11 is 0. The molecule has 0 atom stereocenters. The van der Waals surface area contributed by atoms with Crippen molar-refractivity contribution in [1.29, 1.82) is 0 Å². The van der Waals surface area contributed by atoms with Gasteiger partial charge in [0.2, 0.25) is 10.0 Å². The molecule has 0 fully saturated rings. The van der Waals surface area contributed by atoms with Crippen molar-refractivity contribution in [3.63, 3.8) is 0 Å². The molecular formula is C13H13FN2O3S. The third kappa shape index (κ3) is 2.89. The summed E-state index contributed by atoms with van der Waals surface area (Å²) in [5.41, 5.74) is 5.83. The van der Waals surface area contributed by atoms with Crippen LogP contribution in [-0.2, 0) is 10.0 Å². The van der Waals surface area contributed by atoms with Crippen molar-refractivity contribution in [3.8, 4) is 11.5 Å². The monoisotopic (exact) mass is 296 g/mol. The number of nitrogens with two attached hydrogens (primary N) is 1. The average Bonchev–Trinajstić information content (AvgIpc) is 2.43. The number of hydrogen-bond donors (Lipinski definition) is 2. The van der Waals surface area contributed by atoms with Crippen LogP contribution < -0.4 is 15.2 Å². The summed E-state index contributed by atoms with van der Waals surface area (Å²) in [4.78, 5) is 0.0124. The Hall–Kier alpha value is -2.12. The van der Waals surface area contributed by atoms with E-state index in [1.54, 1.807) is 6.07 Å². The molecule has 3 N–H and O–H groups in total. The lowest BCUT2D eigenvalue weighted by atomic mass is 10.3. The van der Waals surface area contributed by atoms with E-state index < -0.39 is 15.8 Å². The Morgan fingerprint density at radius 3 is 2.45 bits per heavy atom. The zero-order valence-electron chi connectivity index (χ0n) is 10.6. The number of anilines is 1. The standard InChI is InChI=1S/C13H13FN2O3S/c1-16-20(17,18)9-6-7-13(11(15)8-9)19-12-5-3-2-4-10(12)14/h2-8,16H,15H2,1H3. The van der Waals surface area contributed by atoms with Crippen LogP contribution in [0.5, 0.6) is 11.5 Å². The Bertz CT molecular complexity index is 732. The van der Waals surface area contributed by atoms with Crippen LogP contribution in [0.15, 0.2) is 47.4 Å². The molecule has 0 aliphatic rings. The second-order valence-corrected chi connectivity index (χ2v) is 5.83. The van der Waals surface area contributed by atoms with Crippen molar-refractivity contribution in [2.24, 2.45) is 0 Å². The lowest BCUT2D eigenvalue weighted by molar-refractivity contribution is 0.444. The highest BCUT2D eigenvalue weighted by molar-refractivity contribution is 7.89. The van der Waals surface area contributed by atoms with Gasteiger partial charge in [-0.25, -0.2) is 17.5 Å². The van der Waals surface area contributed by atoms with Crippen LogP contribution in [0, 0.1) is 5.82 Å². The lowest BCUT2D eigenvalue weighted by Crippen LogP contribution is -2.18. The van der Waals surface area contributed by atoms with Crippen LogP contribution in [0.2, 0.25) is 0 Å². The van der Waals surface area contributed by atoms with E-state index in [4.69, 9.17) is 10.5 Å². The van der Waals surface area contributed by atoms with Crippen molar-refractivity contribution in [3.05, 3.63) is 48.3 Å². The molecule has 0 aliphatic heterocycles. The molecule has 0 radical (unpaired) electrons. The highest BCUT2D eigenvalue weighted by atomic mass is 32.2. The molecule has 0 aliphatic carbocycles. The summed E-state index contributed by atoms with van der Waals surface area (Å²) in [5.74, 6) is -0.326. The van der Waals surface area contributed by atoms with Crippen molar-refractivity contribution < 1.29 is 17.5 Å². The molecule has 2 rings (SSSR count). The molecule has 0 spiro atoms. The number of nitrogens with one attached hydrogen (secondary N) is 1. The number of halogens is 1.